The summed E-state index contributed by atoms with van der Waals surface area (Å²) >= 11 is 0. The third-order valence-corrected chi connectivity index (χ3v) is 2.67. The van der Waals surface area contributed by atoms with E-state index in [-0.39, 0.29) is 32.3 Å². The summed E-state index contributed by atoms with van der Waals surface area (Å²) in [6, 6.07) is -0.262. The summed E-state index contributed by atoms with van der Waals surface area (Å²) < 4.78 is 0. The van der Waals surface area contributed by atoms with Gasteiger partial charge in [-0.3, -0.25) is 0 Å². The third kappa shape index (κ3) is 4.20. The summed E-state index contributed by atoms with van der Waals surface area (Å²) in [5.41, 5.74) is 1.27. The van der Waals surface area contributed by atoms with Gasteiger partial charge in [-0.05, 0) is 25.7 Å². The average Bonchev–Trinajstić information content (AvgIpc) is 2.78. The molecule has 0 aromatic carbocycles. The molecular weight excluding hydrogens is 208 g/mol. The fourth-order valence-corrected chi connectivity index (χ4v) is 1.78. The minimum atomic E-state index is -0.262. The van der Waals surface area contributed by atoms with Gasteiger partial charge in [-0.15, -0.1) is 0 Å². The molecule has 3 N–H and O–H groups in total. The van der Waals surface area contributed by atoms with Crippen molar-refractivity contribution in [2.45, 2.75) is 25.7 Å². The Morgan fingerprint density at radius 2 is 1.81 bits per heavy atom. The van der Waals surface area contributed by atoms with Crippen LogP contribution < -0.4 is 5.32 Å². The fourth-order valence-electron chi connectivity index (χ4n) is 1.78. The molecule has 1 fully saturated rings. The molecule has 0 radical (unpaired) electrons. The van der Waals surface area contributed by atoms with E-state index in [1.165, 1.54) is 23.3 Å². The summed E-state index contributed by atoms with van der Waals surface area (Å²) in [5, 5.41) is 20.2. The van der Waals surface area contributed by atoms with Crippen LogP contribution in [-0.4, -0.2) is 47.4 Å². The summed E-state index contributed by atoms with van der Waals surface area (Å²) in [4.78, 5) is 13.0. The van der Waals surface area contributed by atoms with Crippen LogP contribution >= 0.6 is 0 Å². The molecule has 0 unspecified atom stereocenters. The van der Waals surface area contributed by atoms with E-state index in [0.717, 1.165) is 12.8 Å². The second kappa shape index (κ2) is 7.24. The summed E-state index contributed by atoms with van der Waals surface area (Å²) in [6.45, 7) is 0.305. The number of carbonyl (C=O) groups excluding carboxylic acids is 1. The van der Waals surface area contributed by atoms with Crippen molar-refractivity contribution in [1.29, 1.82) is 0 Å². The van der Waals surface area contributed by atoms with Crippen LogP contribution in [0.5, 0.6) is 0 Å². The van der Waals surface area contributed by atoms with Crippen LogP contribution in [0.15, 0.2) is 11.8 Å². The molecule has 1 saturated carbocycles. The summed E-state index contributed by atoms with van der Waals surface area (Å²) in [5.74, 6) is 0. The van der Waals surface area contributed by atoms with Crippen molar-refractivity contribution >= 4 is 6.03 Å². The van der Waals surface area contributed by atoms with Crippen molar-refractivity contribution in [1.82, 2.24) is 10.2 Å². The maximum atomic E-state index is 11.6. The molecule has 0 aromatic heterocycles. The standard InChI is InChI=1S/C11H20N2O3/c14-7-5-13(6-8-15)11(16)12-9-10-3-1-2-4-10/h9,14-15H,1-8H2,(H,12,16). The normalized spacial score (nSPS) is 15.0. The second-order valence-electron chi connectivity index (χ2n) is 3.89. The number of hydrogen-bond acceptors (Lipinski definition) is 3. The smallest absolute Gasteiger partial charge is 0.321 e. The molecule has 5 heteroatoms. The zero-order chi connectivity index (χ0) is 11.8. The predicted molar refractivity (Wildman–Crippen MR) is 60.8 cm³/mol. The lowest BCUT2D eigenvalue weighted by Gasteiger charge is -2.20. The van der Waals surface area contributed by atoms with Crippen molar-refractivity contribution in [3.8, 4) is 0 Å². The van der Waals surface area contributed by atoms with Gasteiger partial charge in [0.05, 0.1) is 13.2 Å². The van der Waals surface area contributed by atoms with Crippen LogP contribution in [0.1, 0.15) is 25.7 Å². The number of urea groups is 1. The van der Waals surface area contributed by atoms with E-state index >= 15 is 0 Å². The molecule has 0 aromatic rings. The Balaban J connectivity index is 2.38. The number of hydrogen-bond donors (Lipinski definition) is 3. The SMILES string of the molecule is O=C(NC=C1CCCC1)N(CCO)CCO. The van der Waals surface area contributed by atoms with Crippen LogP contribution in [0.2, 0.25) is 0 Å². The highest BCUT2D eigenvalue weighted by Gasteiger charge is 2.12. The Kier molecular flexibility index (Phi) is 5.88. The first kappa shape index (κ1) is 13.0. The zero-order valence-electron chi connectivity index (χ0n) is 9.48. The molecule has 16 heavy (non-hydrogen) atoms. The quantitative estimate of drug-likeness (QED) is 0.639. The van der Waals surface area contributed by atoms with Gasteiger partial charge < -0.3 is 20.4 Å². The number of amides is 2. The topological polar surface area (TPSA) is 72.8 Å². The maximum Gasteiger partial charge on any atom is 0.321 e. The highest BCUT2D eigenvalue weighted by Crippen LogP contribution is 2.22. The van der Waals surface area contributed by atoms with E-state index in [1.807, 2.05) is 0 Å². The molecule has 0 saturated heterocycles. The minimum absolute atomic E-state index is 0.0933. The van der Waals surface area contributed by atoms with Crippen molar-refractivity contribution in [2.24, 2.45) is 0 Å². The number of nitrogens with zero attached hydrogens (tertiary/aromatic N) is 1. The highest BCUT2D eigenvalue weighted by molar-refractivity contribution is 5.75. The van der Waals surface area contributed by atoms with Crippen molar-refractivity contribution in [3.63, 3.8) is 0 Å². The average molecular weight is 228 g/mol. The van der Waals surface area contributed by atoms with Crippen LogP contribution in [0, 0.1) is 0 Å². The van der Waals surface area contributed by atoms with Crippen molar-refractivity contribution < 1.29 is 15.0 Å². The lowest BCUT2D eigenvalue weighted by Crippen LogP contribution is -2.41. The van der Waals surface area contributed by atoms with E-state index < -0.39 is 0 Å². The number of aliphatic hydroxyl groups is 2. The van der Waals surface area contributed by atoms with Gasteiger partial charge >= 0.3 is 6.03 Å². The fraction of sp³-hybridized carbons (Fsp3) is 0.727. The lowest BCUT2D eigenvalue weighted by atomic mass is 10.2. The van der Waals surface area contributed by atoms with Gasteiger partial charge in [0.25, 0.3) is 0 Å². The number of rotatable bonds is 5. The van der Waals surface area contributed by atoms with Crippen LogP contribution in [0.3, 0.4) is 0 Å². The molecule has 1 aliphatic rings. The molecule has 2 amide bonds. The van der Waals surface area contributed by atoms with E-state index in [4.69, 9.17) is 10.2 Å². The molecule has 0 heterocycles. The molecule has 1 rings (SSSR count). The first-order chi connectivity index (χ1) is 7.77. The molecule has 0 bridgehead atoms. The van der Waals surface area contributed by atoms with Gasteiger partial charge in [-0.1, -0.05) is 5.57 Å². The molecule has 5 nitrogen and oxygen atoms in total. The Morgan fingerprint density at radius 3 is 2.31 bits per heavy atom. The third-order valence-electron chi connectivity index (χ3n) is 2.67. The van der Waals surface area contributed by atoms with Gasteiger partial charge in [0.1, 0.15) is 0 Å². The zero-order valence-corrected chi connectivity index (χ0v) is 9.48. The minimum Gasteiger partial charge on any atom is -0.395 e. The van der Waals surface area contributed by atoms with Crippen LogP contribution in [0.4, 0.5) is 4.79 Å². The first-order valence-corrected chi connectivity index (χ1v) is 5.73. The van der Waals surface area contributed by atoms with Gasteiger partial charge in [0.15, 0.2) is 0 Å². The maximum absolute atomic E-state index is 11.6. The highest BCUT2D eigenvalue weighted by atomic mass is 16.3. The molecule has 0 atom stereocenters. The number of carbonyl (C=O) groups is 1. The Bertz CT molecular complexity index is 240. The molecule has 92 valence electrons. The number of allylic oxidation sites excluding steroid dienone is 1. The molecule has 0 spiro atoms. The van der Waals surface area contributed by atoms with E-state index in [1.54, 1.807) is 6.20 Å². The van der Waals surface area contributed by atoms with Crippen LogP contribution in [-0.2, 0) is 0 Å². The largest absolute Gasteiger partial charge is 0.395 e. The molecule has 0 aliphatic heterocycles. The van der Waals surface area contributed by atoms with E-state index in [0.29, 0.717) is 0 Å². The van der Waals surface area contributed by atoms with Gasteiger partial charge in [0, 0.05) is 19.3 Å². The van der Waals surface area contributed by atoms with E-state index in [2.05, 4.69) is 5.32 Å². The van der Waals surface area contributed by atoms with Gasteiger partial charge in [0.2, 0.25) is 0 Å². The Hall–Kier alpha value is -1.07. The van der Waals surface area contributed by atoms with Crippen LogP contribution in [0.25, 0.3) is 0 Å². The number of aliphatic hydroxyl groups excluding tert-OH is 2. The molecule has 1 aliphatic carbocycles. The summed E-state index contributed by atoms with van der Waals surface area (Å²) in [6.07, 6.45) is 6.26. The van der Waals surface area contributed by atoms with E-state index in [9.17, 15) is 4.79 Å². The molecular formula is C11H20N2O3. The first-order valence-electron chi connectivity index (χ1n) is 5.73. The van der Waals surface area contributed by atoms with Gasteiger partial charge in [-0.25, -0.2) is 4.79 Å². The summed E-state index contributed by atoms with van der Waals surface area (Å²) in [7, 11) is 0. The predicted octanol–water partition coefficient (Wildman–Crippen LogP) is 0.440. The monoisotopic (exact) mass is 228 g/mol. The van der Waals surface area contributed by atoms with Gasteiger partial charge in [-0.2, -0.15) is 0 Å². The second-order valence-corrected chi connectivity index (χ2v) is 3.89. The lowest BCUT2D eigenvalue weighted by molar-refractivity contribution is 0.161. The van der Waals surface area contributed by atoms with Crippen molar-refractivity contribution in [2.75, 3.05) is 26.3 Å². The van der Waals surface area contributed by atoms with Crippen molar-refractivity contribution in [3.05, 3.63) is 11.8 Å². The Morgan fingerprint density at radius 1 is 1.25 bits per heavy atom. The Labute approximate surface area is 95.8 Å². The number of nitrogens with one attached hydrogen (secondary N) is 1.